The van der Waals surface area contributed by atoms with Crippen LogP contribution in [0.15, 0.2) is 76.4 Å². The molecule has 35 heavy (non-hydrogen) atoms. The highest BCUT2D eigenvalue weighted by atomic mass is 32.2. The number of amides is 1. The van der Waals surface area contributed by atoms with Crippen LogP contribution in [-0.4, -0.2) is 43.4 Å². The van der Waals surface area contributed by atoms with Crippen LogP contribution in [0.5, 0.6) is 5.75 Å². The normalized spacial score (nSPS) is 19.6. The molecule has 3 aromatic rings. The maximum absolute atomic E-state index is 13.3. The van der Waals surface area contributed by atoms with Gasteiger partial charge in [-0.05, 0) is 48.2 Å². The van der Waals surface area contributed by atoms with Crippen molar-refractivity contribution in [1.29, 1.82) is 0 Å². The van der Waals surface area contributed by atoms with E-state index < -0.39 is 10.0 Å². The number of carbonyl (C=O) groups excluding carboxylic acids is 1. The van der Waals surface area contributed by atoms with E-state index in [-0.39, 0.29) is 41.2 Å². The summed E-state index contributed by atoms with van der Waals surface area (Å²) in [4.78, 5) is 25.8. The number of nitrogens with zero attached hydrogens (tertiary/aromatic N) is 2. The molecule has 2 aliphatic heterocycles. The van der Waals surface area contributed by atoms with Gasteiger partial charge in [0.2, 0.25) is 15.9 Å². The number of nitrogens with one attached hydrogen (secondary N) is 1. The molecule has 1 fully saturated rings. The molecule has 1 amide bonds. The van der Waals surface area contributed by atoms with Crippen molar-refractivity contribution in [3.8, 4) is 5.75 Å². The molecule has 2 aliphatic rings. The minimum Gasteiger partial charge on any atom is -0.497 e. The third kappa shape index (κ3) is 4.61. The molecule has 0 aliphatic carbocycles. The molecular formula is C26H27N3O5S. The number of anilines is 1. The van der Waals surface area contributed by atoms with Gasteiger partial charge < -0.3 is 14.6 Å². The Balaban J connectivity index is 1.41. The number of methoxy groups -OCH3 is 1. The Hall–Kier alpha value is -3.43. The van der Waals surface area contributed by atoms with E-state index in [4.69, 9.17) is 4.74 Å². The maximum Gasteiger partial charge on any atom is 0.250 e. The standard InChI is InChI=1S/C26H27N3O5S/c1-34-21-9-7-18(8-10-21)14-24(30)27-23-11-12-25(31)29-16-19-13-20(26(23)29)17-28(15-19)35(32,33)22-5-3-2-4-6-22/h2-12,19-20H,13-17H2,1H3,(H,27,30). The fourth-order valence-electron chi connectivity index (χ4n) is 5.14. The second-order valence-electron chi connectivity index (χ2n) is 9.09. The van der Waals surface area contributed by atoms with Gasteiger partial charge in [0, 0.05) is 37.3 Å². The fraction of sp³-hybridized carbons (Fsp3) is 0.308. The van der Waals surface area contributed by atoms with Crippen LogP contribution in [0.1, 0.15) is 23.6 Å². The summed E-state index contributed by atoms with van der Waals surface area (Å²) in [5, 5.41) is 2.96. The number of fused-ring (bicyclic) bond motifs is 4. The minimum absolute atomic E-state index is 0.0303. The summed E-state index contributed by atoms with van der Waals surface area (Å²) in [7, 11) is -2.06. The van der Waals surface area contributed by atoms with E-state index in [0.717, 1.165) is 12.0 Å². The van der Waals surface area contributed by atoms with Crippen LogP contribution in [0.2, 0.25) is 0 Å². The first-order chi connectivity index (χ1) is 16.8. The number of pyridine rings is 1. The third-order valence-electron chi connectivity index (χ3n) is 6.74. The van der Waals surface area contributed by atoms with Crippen LogP contribution < -0.4 is 15.6 Å². The van der Waals surface area contributed by atoms with Gasteiger partial charge in [0.05, 0.1) is 24.1 Å². The van der Waals surface area contributed by atoms with Gasteiger partial charge in [-0.3, -0.25) is 9.59 Å². The SMILES string of the molecule is COc1ccc(CC(=O)Nc2ccc(=O)n3c2C2CC(CN(S(=O)(=O)c4ccccc4)C2)C3)cc1. The number of hydrogen-bond donors (Lipinski definition) is 1. The van der Waals surface area contributed by atoms with Crippen LogP contribution >= 0.6 is 0 Å². The number of aromatic nitrogens is 1. The van der Waals surface area contributed by atoms with Crippen molar-refractivity contribution < 1.29 is 17.9 Å². The Bertz CT molecular complexity index is 1400. The van der Waals surface area contributed by atoms with Crippen molar-refractivity contribution >= 4 is 21.6 Å². The Kier molecular flexibility index (Phi) is 6.21. The molecule has 0 saturated carbocycles. The predicted octanol–water partition coefficient (Wildman–Crippen LogP) is 2.85. The monoisotopic (exact) mass is 493 g/mol. The van der Waals surface area contributed by atoms with E-state index in [1.165, 1.54) is 10.4 Å². The Morgan fingerprint density at radius 2 is 1.74 bits per heavy atom. The lowest BCUT2D eigenvalue weighted by Crippen LogP contribution is -2.49. The van der Waals surface area contributed by atoms with E-state index in [1.807, 2.05) is 12.1 Å². The number of benzene rings is 2. The lowest BCUT2D eigenvalue weighted by Gasteiger charge is -2.42. The van der Waals surface area contributed by atoms with Crippen LogP contribution in [0, 0.1) is 5.92 Å². The van der Waals surface area contributed by atoms with E-state index in [1.54, 1.807) is 60.2 Å². The van der Waals surface area contributed by atoms with Gasteiger partial charge in [-0.2, -0.15) is 4.31 Å². The molecule has 9 heteroatoms. The smallest absolute Gasteiger partial charge is 0.250 e. The van der Waals surface area contributed by atoms with Gasteiger partial charge in [0.1, 0.15) is 5.75 Å². The molecule has 0 radical (unpaired) electrons. The van der Waals surface area contributed by atoms with Gasteiger partial charge in [0.15, 0.2) is 0 Å². The van der Waals surface area contributed by atoms with Gasteiger partial charge in [-0.25, -0.2) is 8.42 Å². The number of rotatable bonds is 6. The Labute approximate surface area is 204 Å². The zero-order valence-electron chi connectivity index (χ0n) is 19.4. The highest BCUT2D eigenvalue weighted by Crippen LogP contribution is 2.40. The number of piperidine rings is 1. The van der Waals surface area contributed by atoms with E-state index >= 15 is 0 Å². The molecule has 3 heterocycles. The highest BCUT2D eigenvalue weighted by Gasteiger charge is 2.40. The summed E-state index contributed by atoms with van der Waals surface area (Å²) in [5.74, 6) is 0.352. The quantitative estimate of drug-likeness (QED) is 0.570. The molecule has 8 nitrogen and oxygen atoms in total. The summed E-state index contributed by atoms with van der Waals surface area (Å²) in [5.41, 5.74) is 1.96. The lowest BCUT2D eigenvalue weighted by atomic mass is 9.83. The van der Waals surface area contributed by atoms with Gasteiger partial charge in [-0.15, -0.1) is 0 Å². The second-order valence-corrected chi connectivity index (χ2v) is 11.0. The van der Waals surface area contributed by atoms with Crippen LogP contribution in [0.25, 0.3) is 0 Å². The molecule has 2 bridgehead atoms. The minimum atomic E-state index is -3.65. The van der Waals surface area contributed by atoms with Crippen LogP contribution in [0.3, 0.4) is 0 Å². The zero-order chi connectivity index (χ0) is 24.6. The van der Waals surface area contributed by atoms with Crippen molar-refractivity contribution in [3.63, 3.8) is 0 Å². The van der Waals surface area contributed by atoms with Crippen molar-refractivity contribution in [2.75, 3.05) is 25.5 Å². The molecule has 5 rings (SSSR count). The average molecular weight is 494 g/mol. The van der Waals surface area contributed by atoms with Gasteiger partial charge in [-0.1, -0.05) is 30.3 Å². The third-order valence-corrected chi connectivity index (χ3v) is 8.58. The maximum atomic E-state index is 13.3. The predicted molar refractivity (Wildman–Crippen MR) is 132 cm³/mol. The molecule has 1 saturated heterocycles. The first kappa shape index (κ1) is 23.3. The summed E-state index contributed by atoms with van der Waals surface area (Å²) < 4.78 is 35.0. The van der Waals surface area contributed by atoms with Crippen LogP contribution in [-0.2, 0) is 27.8 Å². The second kappa shape index (κ2) is 9.31. The topological polar surface area (TPSA) is 97.7 Å². The molecule has 0 spiro atoms. The first-order valence-corrected chi connectivity index (χ1v) is 13.0. The van der Waals surface area contributed by atoms with Gasteiger partial charge >= 0.3 is 0 Å². The average Bonchev–Trinajstić information content (AvgIpc) is 2.86. The van der Waals surface area contributed by atoms with Crippen molar-refractivity contribution in [1.82, 2.24) is 8.87 Å². The summed E-state index contributed by atoms with van der Waals surface area (Å²) >= 11 is 0. The number of ether oxygens (including phenoxy) is 1. The molecule has 182 valence electrons. The highest BCUT2D eigenvalue weighted by molar-refractivity contribution is 7.89. The van der Waals surface area contributed by atoms with Crippen molar-refractivity contribution in [2.24, 2.45) is 5.92 Å². The largest absolute Gasteiger partial charge is 0.497 e. The Morgan fingerprint density at radius 1 is 1.00 bits per heavy atom. The van der Waals surface area contributed by atoms with Crippen molar-refractivity contribution in [3.05, 3.63) is 88.3 Å². The number of carbonyl (C=O) groups is 1. The fourth-order valence-corrected chi connectivity index (χ4v) is 6.72. The molecule has 2 atom stereocenters. The molecule has 2 unspecified atom stereocenters. The first-order valence-electron chi connectivity index (χ1n) is 11.6. The van der Waals surface area contributed by atoms with Gasteiger partial charge in [0.25, 0.3) is 5.56 Å². The lowest BCUT2D eigenvalue weighted by molar-refractivity contribution is -0.115. The number of sulfonamides is 1. The van der Waals surface area contributed by atoms with Crippen molar-refractivity contribution in [2.45, 2.75) is 30.2 Å². The number of hydrogen-bond acceptors (Lipinski definition) is 5. The summed E-state index contributed by atoms with van der Waals surface area (Å²) in [6, 6.07) is 18.8. The zero-order valence-corrected chi connectivity index (χ0v) is 20.2. The molecule has 1 aromatic heterocycles. The van der Waals surface area contributed by atoms with E-state index in [9.17, 15) is 18.0 Å². The Morgan fingerprint density at radius 3 is 2.46 bits per heavy atom. The molecule has 1 N–H and O–H groups in total. The van der Waals surface area contributed by atoms with E-state index in [2.05, 4.69) is 5.32 Å². The summed E-state index contributed by atoms with van der Waals surface area (Å²) in [6.07, 6.45) is 0.940. The molecular weight excluding hydrogens is 466 g/mol. The van der Waals surface area contributed by atoms with E-state index in [0.29, 0.717) is 30.2 Å². The summed E-state index contributed by atoms with van der Waals surface area (Å²) in [6.45, 7) is 1.06. The molecule has 2 aromatic carbocycles. The van der Waals surface area contributed by atoms with Crippen LogP contribution in [0.4, 0.5) is 5.69 Å².